The summed E-state index contributed by atoms with van der Waals surface area (Å²) in [5.74, 6) is -3.47. The number of hydrogen-bond acceptors (Lipinski definition) is 3. The van der Waals surface area contributed by atoms with Gasteiger partial charge in [0.25, 0.3) is 5.92 Å². The highest BCUT2D eigenvalue weighted by molar-refractivity contribution is 5.79. The topological polar surface area (TPSA) is 61.9 Å². The van der Waals surface area contributed by atoms with Crippen molar-refractivity contribution in [1.82, 2.24) is 19.9 Å². The Morgan fingerprint density at radius 1 is 1.33 bits per heavy atom. The van der Waals surface area contributed by atoms with E-state index in [1.54, 1.807) is 18.9 Å². The molecule has 9 heteroatoms. The first-order chi connectivity index (χ1) is 15.6. The minimum absolute atomic E-state index is 0.0555. The molecule has 1 amide bonds. The molecule has 2 heterocycles. The molecule has 0 aliphatic rings. The predicted octanol–water partition coefficient (Wildman–Crippen LogP) is 5.31. The van der Waals surface area contributed by atoms with Crippen LogP contribution in [0.25, 0.3) is 11.6 Å². The molecule has 0 saturated heterocycles. The van der Waals surface area contributed by atoms with Gasteiger partial charge < -0.3 is 9.88 Å². The van der Waals surface area contributed by atoms with Gasteiger partial charge in [0, 0.05) is 36.5 Å². The summed E-state index contributed by atoms with van der Waals surface area (Å²) < 4.78 is 51.4. The molecule has 0 aliphatic carbocycles. The smallest absolute Gasteiger partial charge is 0.279 e. The number of hydrogen-bond donors (Lipinski definition) is 1. The summed E-state index contributed by atoms with van der Waals surface area (Å²) in [7, 11) is 1.67. The van der Waals surface area contributed by atoms with Gasteiger partial charge in [0.2, 0.25) is 5.91 Å². The second-order valence-electron chi connectivity index (χ2n) is 7.68. The Balaban J connectivity index is 2.04. The van der Waals surface area contributed by atoms with E-state index in [2.05, 4.69) is 15.0 Å². The van der Waals surface area contributed by atoms with Crippen molar-refractivity contribution in [3.05, 3.63) is 71.4 Å². The van der Waals surface area contributed by atoms with Gasteiger partial charge in [-0.3, -0.25) is 9.78 Å². The maximum absolute atomic E-state index is 13.1. The van der Waals surface area contributed by atoms with E-state index in [0.717, 1.165) is 11.8 Å². The molecule has 0 saturated carbocycles. The summed E-state index contributed by atoms with van der Waals surface area (Å²) >= 11 is 0. The standard InChI is InChI=1S/C24H28F4N4O/c1-5-18(23-30-17(3)21(31-23)7-6-12-24(27,28)15-25)9-8-16(2)32(4)22(33)13-20-11-10-19(26)14-29-20/h5-11,14,16H,12-13,15H2,1-4H3,(H,30,31)/b7-6-,9-8-,18-5+. The van der Waals surface area contributed by atoms with Crippen LogP contribution in [0.15, 0.2) is 42.6 Å². The number of likely N-dealkylation sites (N-methyl/N-ethyl adjacent to an activating group) is 1. The van der Waals surface area contributed by atoms with E-state index in [0.29, 0.717) is 22.9 Å². The lowest BCUT2D eigenvalue weighted by Gasteiger charge is -2.22. The van der Waals surface area contributed by atoms with Crippen LogP contribution in [0.5, 0.6) is 0 Å². The summed E-state index contributed by atoms with van der Waals surface area (Å²) in [6.07, 6.45) is 8.55. The third-order valence-corrected chi connectivity index (χ3v) is 5.07. The van der Waals surface area contributed by atoms with Crippen LogP contribution in [0, 0.1) is 12.7 Å². The van der Waals surface area contributed by atoms with Crippen molar-refractivity contribution >= 4 is 17.6 Å². The van der Waals surface area contributed by atoms with Crippen molar-refractivity contribution < 1.29 is 22.4 Å². The number of imidazole rings is 1. The molecule has 33 heavy (non-hydrogen) atoms. The van der Waals surface area contributed by atoms with Crippen LogP contribution in [0.1, 0.15) is 43.2 Å². The fraction of sp³-hybridized carbons (Fsp3) is 0.375. The van der Waals surface area contributed by atoms with Gasteiger partial charge in [-0.05, 0) is 39.0 Å². The molecule has 1 atom stereocenters. The first kappa shape index (κ1) is 26.0. The largest absolute Gasteiger partial charge is 0.342 e. The van der Waals surface area contributed by atoms with Gasteiger partial charge in [0.15, 0.2) is 6.67 Å². The van der Waals surface area contributed by atoms with E-state index in [1.165, 1.54) is 24.3 Å². The molecule has 0 radical (unpaired) electrons. The molecule has 2 aromatic rings. The molecular weight excluding hydrogens is 436 g/mol. The van der Waals surface area contributed by atoms with Gasteiger partial charge in [-0.15, -0.1) is 0 Å². The van der Waals surface area contributed by atoms with E-state index in [4.69, 9.17) is 0 Å². The Bertz CT molecular complexity index is 1030. The van der Waals surface area contributed by atoms with Crippen molar-refractivity contribution in [3.8, 4) is 0 Å². The lowest BCUT2D eigenvalue weighted by atomic mass is 10.1. The number of carbonyl (C=O) groups excluding carboxylic acids is 1. The van der Waals surface area contributed by atoms with Gasteiger partial charge in [-0.2, -0.15) is 0 Å². The monoisotopic (exact) mass is 464 g/mol. The Morgan fingerprint density at radius 3 is 2.67 bits per heavy atom. The molecule has 5 nitrogen and oxygen atoms in total. The number of nitrogens with one attached hydrogen (secondary N) is 1. The second kappa shape index (κ2) is 11.6. The van der Waals surface area contributed by atoms with Crippen LogP contribution < -0.4 is 0 Å². The number of allylic oxidation sites excluding steroid dienone is 4. The fourth-order valence-electron chi connectivity index (χ4n) is 2.87. The van der Waals surface area contributed by atoms with Crippen LogP contribution in [-0.2, 0) is 11.2 Å². The van der Waals surface area contributed by atoms with Crippen LogP contribution in [-0.4, -0.2) is 51.4 Å². The van der Waals surface area contributed by atoms with Crippen molar-refractivity contribution in [3.63, 3.8) is 0 Å². The highest BCUT2D eigenvalue weighted by Crippen LogP contribution is 2.21. The SMILES string of the molecule is C/C=C(\C=C/C(C)N(C)C(=O)Cc1ccc(F)cn1)c1nc(/C=C\CC(F)(F)CF)c(C)[nH]1. The molecule has 0 spiro atoms. The average molecular weight is 465 g/mol. The van der Waals surface area contributed by atoms with Gasteiger partial charge in [-0.25, -0.2) is 22.5 Å². The van der Waals surface area contributed by atoms with E-state index >= 15 is 0 Å². The van der Waals surface area contributed by atoms with Crippen LogP contribution in [0.4, 0.5) is 17.6 Å². The van der Waals surface area contributed by atoms with Crippen molar-refractivity contribution in [2.24, 2.45) is 0 Å². The number of H-pyrrole nitrogens is 1. The predicted molar refractivity (Wildman–Crippen MR) is 121 cm³/mol. The summed E-state index contributed by atoms with van der Waals surface area (Å²) in [6.45, 7) is 3.74. The number of amides is 1. The third-order valence-electron chi connectivity index (χ3n) is 5.07. The summed E-state index contributed by atoms with van der Waals surface area (Å²) in [6, 6.07) is 2.49. The number of carbonyl (C=O) groups is 1. The zero-order chi connectivity index (χ0) is 24.6. The summed E-state index contributed by atoms with van der Waals surface area (Å²) in [5.41, 5.74) is 2.40. The fourth-order valence-corrected chi connectivity index (χ4v) is 2.87. The van der Waals surface area contributed by atoms with Crippen LogP contribution >= 0.6 is 0 Å². The van der Waals surface area contributed by atoms with Crippen LogP contribution in [0.3, 0.4) is 0 Å². The molecule has 2 rings (SSSR count). The average Bonchev–Trinajstić information content (AvgIpc) is 3.15. The number of halogens is 4. The van der Waals surface area contributed by atoms with E-state index in [9.17, 15) is 22.4 Å². The highest BCUT2D eigenvalue weighted by Gasteiger charge is 2.26. The molecule has 1 N–H and O–H groups in total. The molecule has 2 aromatic heterocycles. The molecule has 0 aliphatic heterocycles. The number of pyridine rings is 1. The van der Waals surface area contributed by atoms with Gasteiger partial charge in [0.1, 0.15) is 11.6 Å². The zero-order valence-electron chi connectivity index (χ0n) is 19.1. The van der Waals surface area contributed by atoms with Crippen molar-refractivity contribution in [2.45, 2.75) is 45.6 Å². The Morgan fingerprint density at radius 2 is 2.06 bits per heavy atom. The molecular formula is C24H28F4N4O. The maximum Gasteiger partial charge on any atom is 0.279 e. The molecule has 0 aromatic carbocycles. The second-order valence-corrected chi connectivity index (χ2v) is 7.68. The van der Waals surface area contributed by atoms with Crippen LogP contribution in [0.2, 0.25) is 0 Å². The molecule has 0 bridgehead atoms. The number of aromatic nitrogens is 3. The molecule has 178 valence electrons. The number of nitrogens with zero attached hydrogens (tertiary/aromatic N) is 3. The normalized spacial score (nSPS) is 13.8. The van der Waals surface area contributed by atoms with Gasteiger partial charge in [-0.1, -0.05) is 24.3 Å². The number of aryl methyl sites for hydroxylation is 1. The first-order valence-corrected chi connectivity index (χ1v) is 10.4. The van der Waals surface area contributed by atoms with Gasteiger partial charge >= 0.3 is 0 Å². The number of alkyl halides is 3. The Hall–Kier alpha value is -3.23. The molecule has 0 fully saturated rings. The Labute approximate surface area is 190 Å². The number of aromatic amines is 1. The lowest BCUT2D eigenvalue weighted by Crippen LogP contribution is -2.35. The third kappa shape index (κ3) is 7.69. The molecule has 1 unspecified atom stereocenters. The maximum atomic E-state index is 13.1. The van der Waals surface area contributed by atoms with Crippen molar-refractivity contribution in [2.75, 3.05) is 13.7 Å². The highest BCUT2D eigenvalue weighted by atomic mass is 19.3. The zero-order valence-corrected chi connectivity index (χ0v) is 19.1. The summed E-state index contributed by atoms with van der Waals surface area (Å²) in [4.78, 5) is 25.5. The lowest BCUT2D eigenvalue weighted by molar-refractivity contribution is -0.130. The quantitative estimate of drug-likeness (QED) is 0.383. The van der Waals surface area contributed by atoms with Gasteiger partial charge in [0.05, 0.1) is 18.3 Å². The minimum atomic E-state index is -3.38. The van der Waals surface area contributed by atoms with E-state index in [1.807, 2.05) is 32.1 Å². The van der Waals surface area contributed by atoms with Crippen molar-refractivity contribution in [1.29, 1.82) is 0 Å². The number of rotatable bonds is 10. The van der Waals surface area contributed by atoms with E-state index in [-0.39, 0.29) is 18.4 Å². The minimum Gasteiger partial charge on any atom is -0.342 e. The first-order valence-electron chi connectivity index (χ1n) is 10.4. The van der Waals surface area contributed by atoms with E-state index < -0.39 is 24.8 Å². The Kier molecular flexibility index (Phi) is 9.13. The summed E-state index contributed by atoms with van der Waals surface area (Å²) in [5, 5.41) is 0.